The lowest BCUT2D eigenvalue weighted by atomic mass is 9.95. The van der Waals surface area contributed by atoms with E-state index in [-0.39, 0.29) is 11.9 Å². The third-order valence-corrected chi connectivity index (χ3v) is 6.46. The summed E-state index contributed by atoms with van der Waals surface area (Å²) in [6.07, 6.45) is 7.77. The third-order valence-electron chi connectivity index (χ3n) is 6.15. The molecule has 0 aliphatic carbocycles. The number of nitrogens with zero attached hydrogens (tertiary/aromatic N) is 3. The highest BCUT2D eigenvalue weighted by atomic mass is 35.5. The highest BCUT2D eigenvalue weighted by Crippen LogP contribution is 2.23. The van der Waals surface area contributed by atoms with Gasteiger partial charge in [-0.15, -0.1) is 0 Å². The molecule has 2 fully saturated rings. The van der Waals surface area contributed by atoms with Crippen LogP contribution >= 0.6 is 11.6 Å². The second-order valence-corrected chi connectivity index (χ2v) is 8.57. The van der Waals surface area contributed by atoms with Gasteiger partial charge in [-0.05, 0) is 82.9 Å². The van der Waals surface area contributed by atoms with Crippen molar-refractivity contribution in [1.82, 2.24) is 9.80 Å². The number of carbonyl (C=O) groups is 1. The summed E-state index contributed by atoms with van der Waals surface area (Å²) in [6, 6.07) is 6.86. The van der Waals surface area contributed by atoms with Crippen LogP contribution in [0.3, 0.4) is 0 Å². The van der Waals surface area contributed by atoms with Gasteiger partial charge in [0.05, 0.1) is 16.6 Å². The van der Waals surface area contributed by atoms with E-state index in [1.807, 2.05) is 13.0 Å². The molecule has 2 heterocycles. The zero-order valence-electron chi connectivity index (χ0n) is 16.8. The van der Waals surface area contributed by atoms with Gasteiger partial charge in [0.25, 0.3) is 0 Å². The van der Waals surface area contributed by atoms with Crippen molar-refractivity contribution in [2.24, 2.45) is 5.92 Å². The molecule has 2 saturated heterocycles. The van der Waals surface area contributed by atoms with E-state index in [0.717, 1.165) is 31.8 Å². The van der Waals surface area contributed by atoms with Gasteiger partial charge in [-0.1, -0.05) is 24.4 Å². The minimum atomic E-state index is -0.173. The fourth-order valence-electron chi connectivity index (χ4n) is 4.30. The quantitative estimate of drug-likeness (QED) is 0.804. The summed E-state index contributed by atoms with van der Waals surface area (Å²) in [5, 5.41) is 12.3. The lowest BCUT2D eigenvalue weighted by Gasteiger charge is -2.37. The minimum absolute atomic E-state index is 0.0215. The van der Waals surface area contributed by atoms with E-state index in [4.69, 9.17) is 16.9 Å². The molecule has 1 unspecified atom stereocenters. The maximum Gasteiger partial charge on any atom is 0.241 e. The maximum absolute atomic E-state index is 12.6. The van der Waals surface area contributed by atoms with Gasteiger partial charge in [0.1, 0.15) is 6.07 Å². The number of hydrogen-bond acceptors (Lipinski definition) is 4. The highest BCUT2D eigenvalue weighted by molar-refractivity contribution is 6.32. The highest BCUT2D eigenvalue weighted by Gasteiger charge is 2.27. The molecule has 2 aliphatic heterocycles. The number of rotatable bonds is 5. The fourth-order valence-corrected chi connectivity index (χ4v) is 4.53. The second kappa shape index (κ2) is 10.2. The Bertz CT molecular complexity index is 701. The van der Waals surface area contributed by atoms with Crippen molar-refractivity contribution in [3.63, 3.8) is 0 Å². The molecule has 152 valence electrons. The molecule has 1 atom stereocenters. The van der Waals surface area contributed by atoms with E-state index >= 15 is 0 Å². The van der Waals surface area contributed by atoms with Crippen LogP contribution in [0.15, 0.2) is 18.2 Å². The van der Waals surface area contributed by atoms with Gasteiger partial charge in [0.2, 0.25) is 5.91 Å². The van der Waals surface area contributed by atoms with E-state index < -0.39 is 0 Å². The number of halogens is 1. The Labute approximate surface area is 173 Å². The molecule has 1 amide bonds. The van der Waals surface area contributed by atoms with Crippen LogP contribution in [0.4, 0.5) is 5.69 Å². The summed E-state index contributed by atoms with van der Waals surface area (Å²) in [6.45, 7) is 7.65. The monoisotopic (exact) mass is 402 g/mol. The molecule has 0 aromatic heterocycles. The second-order valence-electron chi connectivity index (χ2n) is 8.17. The number of nitrogens with one attached hydrogen (secondary N) is 1. The molecule has 5 nitrogen and oxygen atoms in total. The largest absolute Gasteiger partial charge is 0.325 e. The van der Waals surface area contributed by atoms with E-state index in [9.17, 15) is 4.79 Å². The standard InChI is InChI=1S/C22H31ClN4O/c1-17(22(28)25-20-7-6-19(15-24)21(23)14-20)27-12-8-18(9-13-27)16-26-10-4-2-3-5-11-26/h6-7,14,17-18H,2-5,8-13,16H2,1H3,(H,25,28). The van der Waals surface area contributed by atoms with E-state index in [0.29, 0.717) is 16.3 Å². The van der Waals surface area contributed by atoms with Crippen molar-refractivity contribution < 1.29 is 4.79 Å². The van der Waals surface area contributed by atoms with Crippen LogP contribution in [-0.2, 0) is 4.79 Å². The fraction of sp³-hybridized carbons (Fsp3) is 0.636. The number of anilines is 1. The summed E-state index contributed by atoms with van der Waals surface area (Å²) >= 11 is 6.06. The average molecular weight is 403 g/mol. The summed E-state index contributed by atoms with van der Waals surface area (Å²) in [5.74, 6) is 0.730. The van der Waals surface area contributed by atoms with Gasteiger partial charge in [-0.2, -0.15) is 5.26 Å². The maximum atomic E-state index is 12.6. The normalized spacial score (nSPS) is 20.9. The van der Waals surface area contributed by atoms with Crippen LogP contribution in [0.2, 0.25) is 5.02 Å². The molecule has 1 aromatic carbocycles. The van der Waals surface area contributed by atoms with Crippen LogP contribution in [0.1, 0.15) is 51.0 Å². The summed E-state index contributed by atoms with van der Waals surface area (Å²) in [5.41, 5.74) is 1.05. The van der Waals surface area contributed by atoms with Crippen molar-refractivity contribution in [3.8, 4) is 6.07 Å². The van der Waals surface area contributed by atoms with Crippen molar-refractivity contribution >= 4 is 23.2 Å². The number of likely N-dealkylation sites (tertiary alicyclic amines) is 2. The molecule has 3 rings (SSSR count). The van der Waals surface area contributed by atoms with Gasteiger partial charge < -0.3 is 10.2 Å². The number of benzene rings is 1. The van der Waals surface area contributed by atoms with E-state index in [2.05, 4.69) is 15.1 Å². The molecule has 2 aliphatic rings. The first-order valence-electron chi connectivity index (χ1n) is 10.5. The third kappa shape index (κ3) is 5.70. The lowest BCUT2D eigenvalue weighted by molar-refractivity contribution is -0.121. The molecule has 0 radical (unpaired) electrons. The smallest absolute Gasteiger partial charge is 0.241 e. The summed E-state index contributed by atoms with van der Waals surface area (Å²) in [4.78, 5) is 17.6. The number of amides is 1. The zero-order valence-corrected chi connectivity index (χ0v) is 17.5. The van der Waals surface area contributed by atoms with Crippen molar-refractivity contribution in [2.45, 2.75) is 51.5 Å². The predicted octanol–water partition coefficient (Wildman–Crippen LogP) is 4.13. The SMILES string of the molecule is CC(C(=O)Nc1ccc(C#N)c(Cl)c1)N1CCC(CN2CCCCCC2)CC1. The molecule has 1 N–H and O–H groups in total. The first kappa shape index (κ1) is 21.1. The number of piperidine rings is 1. The molecular weight excluding hydrogens is 372 g/mol. The Morgan fingerprint density at radius 2 is 1.89 bits per heavy atom. The molecule has 0 bridgehead atoms. The molecule has 28 heavy (non-hydrogen) atoms. The minimum Gasteiger partial charge on any atom is -0.325 e. The lowest BCUT2D eigenvalue weighted by Crippen LogP contribution is -2.47. The van der Waals surface area contributed by atoms with Crippen LogP contribution in [0, 0.1) is 17.2 Å². The van der Waals surface area contributed by atoms with Crippen LogP contribution < -0.4 is 5.32 Å². The van der Waals surface area contributed by atoms with Gasteiger partial charge in [0.15, 0.2) is 0 Å². The van der Waals surface area contributed by atoms with Gasteiger partial charge in [-0.3, -0.25) is 9.69 Å². The molecule has 1 aromatic rings. The molecule has 6 heteroatoms. The summed E-state index contributed by atoms with van der Waals surface area (Å²) < 4.78 is 0. The van der Waals surface area contributed by atoms with Crippen molar-refractivity contribution in [2.75, 3.05) is 38.0 Å². The van der Waals surface area contributed by atoms with Gasteiger partial charge >= 0.3 is 0 Å². The van der Waals surface area contributed by atoms with E-state index in [1.165, 1.54) is 45.3 Å². The molecule has 0 saturated carbocycles. The Hall–Kier alpha value is -1.61. The topological polar surface area (TPSA) is 59.4 Å². The Morgan fingerprint density at radius 3 is 2.50 bits per heavy atom. The Kier molecular flexibility index (Phi) is 7.73. The Morgan fingerprint density at radius 1 is 1.21 bits per heavy atom. The number of carbonyl (C=O) groups excluding carboxylic acids is 1. The first-order valence-corrected chi connectivity index (χ1v) is 10.9. The van der Waals surface area contributed by atoms with Crippen LogP contribution in [-0.4, -0.2) is 54.5 Å². The number of hydrogen-bond donors (Lipinski definition) is 1. The summed E-state index contributed by atoms with van der Waals surface area (Å²) in [7, 11) is 0. The first-order chi connectivity index (χ1) is 13.6. The van der Waals surface area contributed by atoms with Crippen molar-refractivity contribution in [1.29, 1.82) is 5.26 Å². The van der Waals surface area contributed by atoms with Gasteiger partial charge in [-0.25, -0.2) is 0 Å². The zero-order chi connectivity index (χ0) is 19.9. The number of nitriles is 1. The van der Waals surface area contributed by atoms with E-state index in [1.54, 1.807) is 18.2 Å². The Balaban J connectivity index is 1.46. The van der Waals surface area contributed by atoms with Crippen molar-refractivity contribution in [3.05, 3.63) is 28.8 Å². The molecular formula is C22H31ClN4O. The predicted molar refractivity (Wildman–Crippen MR) is 113 cm³/mol. The van der Waals surface area contributed by atoms with Gasteiger partial charge in [0, 0.05) is 12.2 Å². The average Bonchev–Trinajstić information content (AvgIpc) is 2.97. The van der Waals surface area contributed by atoms with Crippen LogP contribution in [0.5, 0.6) is 0 Å². The van der Waals surface area contributed by atoms with Crippen LogP contribution in [0.25, 0.3) is 0 Å². The molecule has 0 spiro atoms.